The number of carbonyl (C=O) groups is 1. The van der Waals surface area contributed by atoms with Crippen molar-refractivity contribution < 1.29 is 14.3 Å². The zero-order chi connectivity index (χ0) is 25.1. The molecule has 0 unspecified atom stereocenters. The first-order chi connectivity index (χ1) is 16.9. The molecule has 0 fully saturated rings. The van der Waals surface area contributed by atoms with Crippen LogP contribution < -0.4 is 4.74 Å². The Morgan fingerprint density at radius 1 is 1.03 bits per heavy atom. The van der Waals surface area contributed by atoms with Crippen molar-refractivity contribution in [2.45, 2.75) is 97.3 Å². The standard InChI is InChI=1S/C30H40N2O3/c1-5-7-8-9-12-24-20-27-26(30(3,4)17-18-35-27)19-25(24)16-15-23-21-31-28(32-22-23)13-10-11-14-29(33)34-6-2/h19-22H,5-14,17-18H2,1-4H3. The number of unbranched alkanes of at least 4 members (excludes halogenated alkanes) is 4. The molecule has 188 valence electrons. The molecule has 1 aromatic heterocycles. The smallest absolute Gasteiger partial charge is 0.305 e. The number of fused-ring (bicyclic) bond motifs is 1. The minimum atomic E-state index is -0.138. The molecule has 0 saturated heterocycles. The van der Waals surface area contributed by atoms with Crippen molar-refractivity contribution in [3.8, 4) is 17.6 Å². The van der Waals surface area contributed by atoms with Crippen LogP contribution in [-0.2, 0) is 27.8 Å². The van der Waals surface area contributed by atoms with Crippen molar-refractivity contribution in [2.24, 2.45) is 0 Å². The van der Waals surface area contributed by atoms with Crippen molar-refractivity contribution in [3.63, 3.8) is 0 Å². The van der Waals surface area contributed by atoms with E-state index < -0.39 is 0 Å². The molecule has 0 aliphatic carbocycles. The van der Waals surface area contributed by atoms with Crippen LogP contribution in [0.4, 0.5) is 0 Å². The summed E-state index contributed by atoms with van der Waals surface area (Å²) in [5, 5.41) is 0. The number of ether oxygens (including phenoxy) is 2. The van der Waals surface area contributed by atoms with E-state index in [1.807, 2.05) is 6.92 Å². The average molecular weight is 477 g/mol. The van der Waals surface area contributed by atoms with E-state index in [2.05, 4.69) is 54.7 Å². The first-order valence-electron chi connectivity index (χ1n) is 13.2. The van der Waals surface area contributed by atoms with Gasteiger partial charge in [0, 0.05) is 36.4 Å². The SMILES string of the molecule is CCCCCCc1cc2c(cc1C#Cc1cnc(CCCCC(=O)OCC)nc1)C(C)(C)CCO2. The van der Waals surface area contributed by atoms with E-state index >= 15 is 0 Å². The van der Waals surface area contributed by atoms with E-state index in [0.29, 0.717) is 13.0 Å². The second-order valence-electron chi connectivity index (χ2n) is 9.95. The summed E-state index contributed by atoms with van der Waals surface area (Å²) < 4.78 is 11.0. The lowest BCUT2D eigenvalue weighted by atomic mass is 9.78. The number of aromatic nitrogens is 2. The molecular formula is C30H40N2O3. The minimum Gasteiger partial charge on any atom is -0.493 e. The van der Waals surface area contributed by atoms with Gasteiger partial charge in [0.2, 0.25) is 0 Å². The van der Waals surface area contributed by atoms with Crippen LogP contribution in [0.3, 0.4) is 0 Å². The van der Waals surface area contributed by atoms with Gasteiger partial charge in [-0.05, 0) is 62.1 Å². The van der Waals surface area contributed by atoms with Crippen LogP contribution in [0.1, 0.15) is 107 Å². The van der Waals surface area contributed by atoms with Gasteiger partial charge in [0.05, 0.1) is 18.8 Å². The summed E-state index contributed by atoms with van der Waals surface area (Å²) in [6.07, 6.45) is 13.4. The molecule has 1 aliphatic rings. The van der Waals surface area contributed by atoms with Crippen LogP contribution in [0.25, 0.3) is 0 Å². The number of rotatable bonds is 11. The number of hydrogen-bond acceptors (Lipinski definition) is 5. The molecule has 0 radical (unpaired) electrons. The maximum atomic E-state index is 11.4. The molecule has 5 heteroatoms. The third-order valence-electron chi connectivity index (χ3n) is 6.60. The lowest BCUT2D eigenvalue weighted by molar-refractivity contribution is -0.143. The molecular weight excluding hydrogens is 436 g/mol. The van der Waals surface area contributed by atoms with Gasteiger partial charge in [-0.1, -0.05) is 51.9 Å². The van der Waals surface area contributed by atoms with Crippen molar-refractivity contribution in [2.75, 3.05) is 13.2 Å². The van der Waals surface area contributed by atoms with Gasteiger partial charge in [0.25, 0.3) is 0 Å². The second kappa shape index (κ2) is 13.3. The molecule has 0 N–H and O–H groups in total. The van der Waals surface area contributed by atoms with Gasteiger partial charge in [0.15, 0.2) is 0 Å². The van der Waals surface area contributed by atoms with Gasteiger partial charge in [0.1, 0.15) is 11.6 Å². The Morgan fingerprint density at radius 3 is 2.54 bits per heavy atom. The van der Waals surface area contributed by atoms with E-state index in [1.54, 1.807) is 12.4 Å². The molecule has 0 saturated carbocycles. The highest BCUT2D eigenvalue weighted by molar-refractivity contribution is 5.69. The van der Waals surface area contributed by atoms with Crippen LogP contribution in [0.5, 0.6) is 5.75 Å². The van der Waals surface area contributed by atoms with E-state index in [9.17, 15) is 4.79 Å². The molecule has 1 aromatic carbocycles. The van der Waals surface area contributed by atoms with E-state index in [0.717, 1.165) is 61.4 Å². The Labute approximate surface area is 211 Å². The van der Waals surface area contributed by atoms with Crippen LogP contribution in [-0.4, -0.2) is 29.2 Å². The van der Waals surface area contributed by atoms with Gasteiger partial charge in [-0.2, -0.15) is 0 Å². The van der Waals surface area contributed by atoms with Crippen LogP contribution in [0.15, 0.2) is 24.5 Å². The predicted molar refractivity (Wildman–Crippen MR) is 140 cm³/mol. The average Bonchev–Trinajstić information content (AvgIpc) is 2.84. The Bertz CT molecular complexity index is 1030. The van der Waals surface area contributed by atoms with Gasteiger partial charge >= 0.3 is 5.97 Å². The number of carbonyl (C=O) groups excluding carboxylic acids is 1. The lowest BCUT2D eigenvalue weighted by Gasteiger charge is -2.33. The van der Waals surface area contributed by atoms with E-state index in [1.165, 1.54) is 36.8 Å². The normalized spacial score (nSPS) is 13.8. The maximum Gasteiger partial charge on any atom is 0.305 e. The summed E-state index contributed by atoms with van der Waals surface area (Å²) >= 11 is 0. The minimum absolute atomic E-state index is 0.0861. The molecule has 1 aliphatic heterocycles. The molecule has 0 amide bonds. The topological polar surface area (TPSA) is 61.3 Å². The van der Waals surface area contributed by atoms with Gasteiger partial charge in [-0.15, -0.1) is 0 Å². The summed E-state index contributed by atoms with van der Waals surface area (Å²) in [6, 6.07) is 4.47. The van der Waals surface area contributed by atoms with Gasteiger partial charge in [-0.25, -0.2) is 9.97 Å². The number of hydrogen-bond donors (Lipinski definition) is 0. The molecule has 3 rings (SSSR count). The summed E-state index contributed by atoms with van der Waals surface area (Å²) in [5.74, 6) is 8.37. The number of aryl methyl sites for hydroxylation is 2. The number of nitrogens with zero attached hydrogens (tertiary/aromatic N) is 2. The van der Waals surface area contributed by atoms with Crippen molar-refractivity contribution in [1.29, 1.82) is 0 Å². The summed E-state index contributed by atoms with van der Waals surface area (Å²) in [7, 11) is 0. The van der Waals surface area contributed by atoms with Crippen LogP contribution >= 0.6 is 0 Å². The highest BCUT2D eigenvalue weighted by Gasteiger charge is 2.29. The van der Waals surface area contributed by atoms with E-state index in [-0.39, 0.29) is 11.4 Å². The molecule has 5 nitrogen and oxygen atoms in total. The fourth-order valence-corrected chi connectivity index (χ4v) is 4.36. The Morgan fingerprint density at radius 2 is 1.80 bits per heavy atom. The second-order valence-corrected chi connectivity index (χ2v) is 9.95. The monoisotopic (exact) mass is 476 g/mol. The maximum absolute atomic E-state index is 11.4. The zero-order valence-corrected chi connectivity index (χ0v) is 21.9. The lowest BCUT2D eigenvalue weighted by Crippen LogP contribution is -2.27. The fourth-order valence-electron chi connectivity index (χ4n) is 4.36. The van der Waals surface area contributed by atoms with Gasteiger partial charge < -0.3 is 9.47 Å². The first-order valence-corrected chi connectivity index (χ1v) is 13.2. The van der Waals surface area contributed by atoms with Gasteiger partial charge in [-0.3, -0.25) is 4.79 Å². The number of esters is 1. The van der Waals surface area contributed by atoms with E-state index in [4.69, 9.17) is 9.47 Å². The number of benzene rings is 1. The van der Waals surface area contributed by atoms with Crippen LogP contribution in [0.2, 0.25) is 0 Å². The van der Waals surface area contributed by atoms with Crippen molar-refractivity contribution in [3.05, 3.63) is 52.6 Å². The molecule has 0 atom stereocenters. The van der Waals surface area contributed by atoms with Crippen molar-refractivity contribution >= 4 is 5.97 Å². The highest BCUT2D eigenvalue weighted by atomic mass is 16.5. The third kappa shape index (κ3) is 8.09. The highest BCUT2D eigenvalue weighted by Crippen LogP contribution is 2.40. The molecule has 35 heavy (non-hydrogen) atoms. The molecule has 2 aromatic rings. The molecule has 0 spiro atoms. The summed E-state index contributed by atoms with van der Waals surface area (Å²) in [5.41, 5.74) is 4.50. The fraction of sp³-hybridized carbons (Fsp3) is 0.567. The summed E-state index contributed by atoms with van der Waals surface area (Å²) in [4.78, 5) is 20.4. The molecule has 0 bridgehead atoms. The van der Waals surface area contributed by atoms with Crippen molar-refractivity contribution in [1.82, 2.24) is 9.97 Å². The Hall–Kier alpha value is -2.87. The first kappa shape index (κ1) is 26.7. The zero-order valence-electron chi connectivity index (χ0n) is 21.9. The third-order valence-corrected chi connectivity index (χ3v) is 6.60. The predicted octanol–water partition coefficient (Wildman–Crippen LogP) is 6.34. The summed E-state index contributed by atoms with van der Waals surface area (Å²) in [6.45, 7) is 9.83. The van der Waals surface area contributed by atoms with Crippen LogP contribution in [0, 0.1) is 11.8 Å². The quantitative estimate of drug-likeness (QED) is 0.215. The Kier molecular flexibility index (Phi) is 10.1. The molecule has 2 heterocycles. The largest absolute Gasteiger partial charge is 0.493 e. The Balaban J connectivity index is 1.70.